The lowest BCUT2D eigenvalue weighted by Gasteiger charge is -1.56. The van der Waals surface area contributed by atoms with E-state index >= 15 is 0 Å². The van der Waals surface area contributed by atoms with Crippen molar-refractivity contribution in [2.75, 3.05) is 0 Å². The molecule has 9 N–H and O–H groups in total. The molecule has 0 aromatic carbocycles. The van der Waals surface area contributed by atoms with Crippen LogP contribution < -0.4 is 0 Å². The highest BCUT2D eigenvalue weighted by molar-refractivity contribution is 3.85. The van der Waals surface area contributed by atoms with Crippen LogP contribution >= 0.6 is 0 Å². The summed E-state index contributed by atoms with van der Waals surface area (Å²) in [7, 11) is 0. The quantitative estimate of drug-likeness (QED) is 0.116. The normalized spacial score (nSPS) is 5.03. The van der Waals surface area contributed by atoms with Gasteiger partial charge in [0.15, 0.2) is 26.7 Å². The van der Waals surface area contributed by atoms with Gasteiger partial charge in [0.1, 0.15) is 0 Å². The zero-order chi connectivity index (χ0) is 27.8. The van der Waals surface area contributed by atoms with Gasteiger partial charge in [0.25, 0.3) is 20.3 Å². The monoisotopic (exact) mass is 487 g/mol. The second kappa shape index (κ2) is 106. The van der Waals surface area contributed by atoms with Crippen LogP contribution in [-0.4, -0.2) is 67.2 Å². The van der Waals surface area contributed by atoms with Gasteiger partial charge in [-0.1, -0.05) is 0 Å². The van der Waals surface area contributed by atoms with Crippen LogP contribution in [0.3, 0.4) is 0 Å². The van der Waals surface area contributed by atoms with Crippen LogP contribution in [0.1, 0.15) is 0 Å². The zero-order valence-corrected chi connectivity index (χ0v) is 13.4. The van der Waals surface area contributed by atoms with Gasteiger partial charge in [-0.3, -0.25) is 0 Å². The molecule has 0 saturated heterocycles. The zero-order valence-electron chi connectivity index (χ0n) is 13.4. The first kappa shape index (κ1) is 56.3. The first-order valence-electron chi connectivity index (χ1n) is 4.17. The van der Waals surface area contributed by atoms with Crippen LogP contribution in [0.4, 0.5) is 0 Å². The first-order valence-corrected chi connectivity index (χ1v) is 4.17. The molecule has 0 bridgehead atoms. The lowest BCUT2D eigenvalue weighted by atomic mass is 13.1. The molecule has 0 aliphatic carbocycles. The van der Waals surface area contributed by atoms with Crippen LogP contribution in [0.5, 0.6) is 0 Å². The molecule has 31 nitrogen and oxygen atoms in total. The fourth-order valence-corrected chi connectivity index (χ4v) is 0. The standard InChI is InChI=1S/4HNO3.5HNO2/c4*2-1(3)4;5*2-1-3/h4*(H,2,3,4);5*(H,2,3). The Morgan fingerprint density at radius 3 is 0.387 bits per heavy atom. The summed E-state index contributed by atoms with van der Waals surface area (Å²) in [5.74, 6) is 0. The molecule has 0 aliphatic rings. The molecule has 0 rings (SSSR count). The topological polar surface area (TPSA) is 502 Å². The van der Waals surface area contributed by atoms with E-state index in [9.17, 15) is 0 Å². The summed E-state index contributed by atoms with van der Waals surface area (Å²) < 4.78 is 0. The SMILES string of the molecule is O=NO.O=NO.O=NO.O=NO.O=NO.O=[N+]([O-])O.O=[N+]([O-])O.O=[N+]([O-])O.O=[N+]([O-])O. The van der Waals surface area contributed by atoms with Gasteiger partial charge in [0, 0.05) is 0 Å². The van der Waals surface area contributed by atoms with Crippen LogP contribution in [-0.2, 0) is 0 Å². The third-order valence-electron chi connectivity index (χ3n) is 0. The van der Waals surface area contributed by atoms with Crippen LogP contribution in [0.2, 0.25) is 0 Å². The summed E-state index contributed by atoms with van der Waals surface area (Å²) in [5.41, 5.74) is 0. The molecule has 31 heteroatoms. The van der Waals surface area contributed by atoms with E-state index in [1.807, 2.05) is 0 Å². The van der Waals surface area contributed by atoms with Crippen molar-refractivity contribution in [3.05, 3.63) is 65.0 Å². The van der Waals surface area contributed by atoms with Crippen molar-refractivity contribution in [2.24, 2.45) is 26.7 Å². The van der Waals surface area contributed by atoms with Gasteiger partial charge in [0.2, 0.25) is 0 Å². The smallest absolute Gasteiger partial charge is 0.291 e. The van der Waals surface area contributed by atoms with E-state index in [1.165, 1.54) is 26.7 Å². The second-order valence-electron chi connectivity index (χ2n) is 1.36. The lowest BCUT2D eigenvalue weighted by molar-refractivity contribution is -0.742. The van der Waals surface area contributed by atoms with Gasteiger partial charge in [-0.25, -0.2) is 0 Å². The molecule has 186 valence electrons. The summed E-state index contributed by atoms with van der Waals surface area (Å²) in [5, 5.41) is 94.0. The van der Waals surface area contributed by atoms with Crippen LogP contribution in [0, 0.1) is 65.0 Å². The maximum Gasteiger partial charge on any atom is 0.291 e. The van der Waals surface area contributed by atoms with Crippen molar-refractivity contribution in [1.29, 1.82) is 0 Å². The van der Waals surface area contributed by atoms with E-state index < -0.39 is 20.3 Å². The lowest BCUT2D eigenvalue weighted by Crippen LogP contribution is -1.81. The Bertz CT molecular complexity index is 314. The van der Waals surface area contributed by atoms with Crippen molar-refractivity contribution in [1.82, 2.24) is 0 Å². The predicted molar refractivity (Wildman–Crippen MR) is 73.0 cm³/mol. The molecular formula is H9N9O22. The Hall–Kier alpha value is -6.20. The molecule has 0 heterocycles. The molecule has 0 saturated carbocycles. The van der Waals surface area contributed by atoms with E-state index in [-0.39, 0.29) is 0 Å². The van der Waals surface area contributed by atoms with Crippen LogP contribution in [0.15, 0.2) is 26.7 Å². The molecule has 0 fully saturated rings. The summed E-state index contributed by atoms with van der Waals surface area (Å²) >= 11 is 0. The van der Waals surface area contributed by atoms with Crippen molar-refractivity contribution in [3.8, 4) is 0 Å². The van der Waals surface area contributed by atoms with Gasteiger partial charge in [-0.05, 0) is 0 Å². The Kier molecular flexibility index (Phi) is 193. The van der Waals surface area contributed by atoms with Gasteiger partial charge in [-0.15, -0.1) is 65.0 Å². The average Bonchev–Trinajstić information content (AvgIpc) is 2.48. The number of nitrogens with zero attached hydrogens (tertiary/aromatic N) is 9. The summed E-state index contributed by atoms with van der Waals surface area (Å²) in [6.45, 7) is 0. The van der Waals surface area contributed by atoms with Gasteiger partial charge in [-0.2, -0.15) is 0 Å². The highest BCUT2D eigenvalue weighted by atomic mass is 16.9. The summed E-state index contributed by atoms with van der Waals surface area (Å²) in [4.78, 5) is 74.0. The van der Waals surface area contributed by atoms with Gasteiger partial charge < -0.3 is 46.9 Å². The number of hydrogen-bond donors (Lipinski definition) is 9. The Balaban J connectivity index is -0.0000000252. The third-order valence-corrected chi connectivity index (χ3v) is 0. The molecule has 0 radical (unpaired) electrons. The minimum absolute atomic E-state index is 1.25. The van der Waals surface area contributed by atoms with Crippen molar-refractivity contribution in [3.63, 3.8) is 0 Å². The van der Waals surface area contributed by atoms with Crippen molar-refractivity contribution < 1.29 is 67.2 Å². The average molecular weight is 487 g/mol. The third kappa shape index (κ3) is 294. The minimum atomic E-state index is -1.50. The Morgan fingerprint density at radius 2 is 0.387 bits per heavy atom. The van der Waals surface area contributed by atoms with E-state index in [0.29, 0.717) is 0 Å². The molecule has 0 aromatic rings. The number of hydrogen-bond acceptors (Lipinski definition) is 18. The van der Waals surface area contributed by atoms with E-state index in [0.717, 1.165) is 0 Å². The predicted octanol–water partition coefficient (Wildman–Crippen LogP) is -0.681. The fraction of sp³-hybridized carbons (Fsp3) is 0. The minimum Gasteiger partial charge on any atom is -0.379 e. The van der Waals surface area contributed by atoms with E-state index in [4.69, 9.17) is 112 Å². The molecule has 0 unspecified atom stereocenters. The molecule has 0 spiro atoms. The largest absolute Gasteiger partial charge is 0.379 e. The van der Waals surface area contributed by atoms with Gasteiger partial charge >= 0.3 is 0 Å². The maximum atomic E-state index is 8.36. The first-order chi connectivity index (χ1) is 14.0. The second-order valence-corrected chi connectivity index (χ2v) is 1.36. The molecule has 0 aromatic heterocycles. The molecule has 0 atom stereocenters. The Morgan fingerprint density at radius 1 is 0.387 bits per heavy atom. The number of rotatable bonds is 0. The summed E-state index contributed by atoms with van der Waals surface area (Å²) in [6, 6.07) is 0. The molecule has 0 aliphatic heterocycles. The molecular weight excluding hydrogens is 478 g/mol. The van der Waals surface area contributed by atoms with Crippen molar-refractivity contribution in [2.45, 2.75) is 0 Å². The molecule has 31 heavy (non-hydrogen) atoms. The van der Waals surface area contributed by atoms with Crippen LogP contribution in [0.25, 0.3) is 0 Å². The van der Waals surface area contributed by atoms with E-state index in [2.05, 4.69) is 0 Å². The van der Waals surface area contributed by atoms with Gasteiger partial charge in [0.05, 0.1) is 0 Å². The van der Waals surface area contributed by atoms with Crippen molar-refractivity contribution >= 4 is 0 Å². The van der Waals surface area contributed by atoms with E-state index in [1.54, 1.807) is 0 Å². The fourth-order valence-electron chi connectivity index (χ4n) is 0. The highest BCUT2D eigenvalue weighted by Crippen LogP contribution is 1.39. The molecule has 0 amide bonds. The Labute approximate surface area is 160 Å². The highest BCUT2D eigenvalue weighted by Gasteiger charge is 1.66. The maximum absolute atomic E-state index is 8.36. The summed E-state index contributed by atoms with van der Waals surface area (Å²) in [6.07, 6.45) is 0.